The Morgan fingerprint density at radius 2 is 1.63 bits per heavy atom. The van der Waals surface area contributed by atoms with Gasteiger partial charge in [-0.2, -0.15) is 0 Å². The number of nitrogens with zero attached hydrogens (tertiary/aromatic N) is 1. The lowest BCUT2D eigenvalue weighted by atomic mass is 10.1. The van der Waals surface area contributed by atoms with Gasteiger partial charge in [-0.1, -0.05) is 31.9 Å². The first-order valence-corrected chi connectivity index (χ1v) is 6.87. The number of ketones is 1. The number of aromatic carboxylic acids is 1. The lowest BCUT2D eigenvalue weighted by Gasteiger charge is -2.01. The van der Waals surface area contributed by atoms with E-state index >= 15 is 0 Å². The fraction of sp³-hybridized carbons (Fsp3) is 0.0769. The third-order valence-electron chi connectivity index (χ3n) is 2.61. The van der Waals surface area contributed by atoms with E-state index in [1.807, 2.05) is 6.07 Å². The molecule has 0 amide bonds. The van der Waals surface area contributed by atoms with Gasteiger partial charge in [0.1, 0.15) is 5.69 Å². The normalized spacial score (nSPS) is 10.5. The van der Waals surface area contributed by atoms with E-state index in [1.54, 1.807) is 19.2 Å². The number of aromatic nitrogens is 1. The van der Waals surface area contributed by atoms with Crippen molar-refractivity contribution < 1.29 is 14.7 Å². The van der Waals surface area contributed by atoms with Crippen LogP contribution in [0.3, 0.4) is 0 Å². The van der Waals surface area contributed by atoms with Gasteiger partial charge >= 0.3 is 5.97 Å². The summed E-state index contributed by atoms with van der Waals surface area (Å²) in [6, 6.07) is 6.59. The summed E-state index contributed by atoms with van der Waals surface area (Å²) in [5.74, 6) is -1.28. The summed E-state index contributed by atoms with van der Waals surface area (Å²) < 4.78 is 2.97. The highest BCUT2D eigenvalue weighted by Crippen LogP contribution is 2.22. The number of carboxylic acid groups (broad SMARTS) is 1. The smallest absolute Gasteiger partial charge is 0.352 e. The second-order valence-electron chi connectivity index (χ2n) is 4.02. The van der Waals surface area contributed by atoms with Crippen molar-refractivity contribution in [2.45, 2.75) is 0 Å². The van der Waals surface area contributed by atoms with Crippen LogP contribution < -0.4 is 0 Å². The molecule has 0 fully saturated rings. The number of hydrogen-bond acceptors (Lipinski definition) is 2. The minimum atomic E-state index is -1.06. The minimum Gasteiger partial charge on any atom is -0.477 e. The number of aryl methyl sites for hydroxylation is 1. The summed E-state index contributed by atoms with van der Waals surface area (Å²) in [6.45, 7) is 0. The number of carbonyl (C=O) groups is 2. The fourth-order valence-electron chi connectivity index (χ4n) is 1.75. The van der Waals surface area contributed by atoms with Crippen molar-refractivity contribution >= 4 is 43.6 Å². The first-order chi connectivity index (χ1) is 8.88. The van der Waals surface area contributed by atoms with E-state index in [4.69, 9.17) is 5.11 Å². The summed E-state index contributed by atoms with van der Waals surface area (Å²) in [4.78, 5) is 23.2. The van der Waals surface area contributed by atoms with Gasteiger partial charge < -0.3 is 9.67 Å². The van der Waals surface area contributed by atoms with Crippen LogP contribution in [0.1, 0.15) is 26.4 Å². The Bertz CT molecular complexity index is 656. The average Bonchev–Trinajstić information content (AvgIpc) is 2.69. The molecule has 0 aliphatic rings. The number of halogens is 2. The van der Waals surface area contributed by atoms with Gasteiger partial charge in [0, 0.05) is 33.3 Å². The van der Waals surface area contributed by atoms with Crippen molar-refractivity contribution in [2.24, 2.45) is 7.05 Å². The molecular weight excluding hydrogens is 378 g/mol. The highest BCUT2D eigenvalue weighted by molar-refractivity contribution is 9.11. The molecule has 19 heavy (non-hydrogen) atoms. The number of benzene rings is 1. The van der Waals surface area contributed by atoms with Crippen molar-refractivity contribution in [3.8, 4) is 0 Å². The summed E-state index contributed by atoms with van der Waals surface area (Å²) in [5.41, 5.74) is 0.922. The van der Waals surface area contributed by atoms with Crippen LogP contribution in [0, 0.1) is 0 Å². The van der Waals surface area contributed by atoms with Crippen molar-refractivity contribution in [3.63, 3.8) is 0 Å². The zero-order valence-electron chi connectivity index (χ0n) is 9.85. The predicted octanol–water partition coefficient (Wildman–Crippen LogP) is 3.48. The number of carbonyl (C=O) groups excluding carboxylic acids is 1. The largest absolute Gasteiger partial charge is 0.477 e. The Morgan fingerprint density at radius 3 is 2.11 bits per heavy atom. The molecule has 0 bridgehead atoms. The monoisotopic (exact) mass is 385 g/mol. The van der Waals surface area contributed by atoms with Crippen molar-refractivity contribution in [3.05, 3.63) is 56.2 Å². The van der Waals surface area contributed by atoms with Crippen molar-refractivity contribution in [1.29, 1.82) is 0 Å². The molecule has 6 heteroatoms. The Balaban J connectivity index is 2.44. The molecule has 98 valence electrons. The molecular formula is C13H9Br2NO3. The molecule has 2 rings (SSSR count). The van der Waals surface area contributed by atoms with E-state index in [0.29, 0.717) is 11.1 Å². The van der Waals surface area contributed by atoms with E-state index in [2.05, 4.69) is 31.9 Å². The first-order valence-electron chi connectivity index (χ1n) is 5.29. The quantitative estimate of drug-likeness (QED) is 0.821. The molecule has 0 aliphatic carbocycles. The van der Waals surface area contributed by atoms with Gasteiger partial charge in [0.15, 0.2) is 5.78 Å². The van der Waals surface area contributed by atoms with Gasteiger partial charge in [0.05, 0.1) is 0 Å². The number of carboxylic acids is 1. The Hall–Kier alpha value is -1.40. The average molecular weight is 387 g/mol. The molecule has 0 saturated carbocycles. The van der Waals surface area contributed by atoms with Gasteiger partial charge in [0.25, 0.3) is 0 Å². The van der Waals surface area contributed by atoms with Gasteiger partial charge in [-0.3, -0.25) is 4.79 Å². The van der Waals surface area contributed by atoms with Crippen molar-refractivity contribution in [2.75, 3.05) is 0 Å². The number of rotatable bonds is 3. The molecule has 2 aromatic rings. The lowest BCUT2D eigenvalue weighted by molar-refractivity contribution is 0.0686. The van der Waals surface area contributed by atoms with E-state index in [0.717, 1.165) is 8.95 Å². The Labute approximate surface area is 126 Å². The van der Waals surface area contributed by atoms with Crippen LogP contribution in [0.2, 0.25) is 0 Å². The van der Waals surface area contributed by atoms with Crippen LogP contribution in [0.5, 0.6) is 0 Å². The second-order valence-corrected chi connectivity index (χ2v) is 5.85. The highest BCUT2D eigenvalue weighted by atomic mass is 79.9. The van der Waals surface area contributed by atoms with Crippen LogP contribution in [0.15, 0.2) is 39.4 Å². The summed E-state index contributed by atoms with van der Waals surface area (Å²) in [7, 11) is 1.59. The predicted molar refractivity (Wildman–Crippen MR) is 77.6 cm³/mol. The van der Waals surface area contributed by atoms with E-state index in [-0.39, 0.29) is 11.5 Å². The van der Waals surface area contributed by atoms with Gasteiger partial charge in [-0.15, -0.1) is 0 Å². The maximum absolute atomic E-state index is 12.3. The Morgan fingerprint density at radius 1 is 1.05 bits per heavy atom. The second kappa shape index (κ2) is 5.30. The molecule has 0 atom stereocenters. The third-order valence-corrected chi connectivity index (χ3v) is 3.53. The maximum Gasteiger partial charge on any atom is 0.352 e. The molecule has 1 aromatic carbocycles. The van der Waals surface area contributed by atoms with Crippen LogP contribution in [0.4, 0.5) is 0 Å². The molecule has 0 spiro atoms. The van der Waals surface area contributed by atoms with E-state index in [9.17, 15) is 9.59 Å². The molecule has 0 unspecified atom stereocenters. The standard InChI is InChI=1S/C13H9Br2NO3/c1-16-6-8(4-11(16)13(18)19)12(17)7-2-9(14)5-10(15)3-7/h2-6H,1H3,(H,18,19). The summed E-state index contributed by atoms with van der Waals surface area (Å²) in [5, 5.41) is 8.97. The van der Waals surface area contributed by atoms with Crippen LogP contribution in [-0.4, -0.2) is 21.4 Å². The summed E-state index contributed by atoms with van der Waals surface area (Å²) >= 11 is 6.63. The van der Waals surface area contributed by atoms with Gasteiger partial charge in [0.2, 0.25) is 0 Å². The van der Waals surface area contributed by atoms with E-state index in [1.165, 1.54) is 16.8 Å². The third kappa shape index (κ3) is 2.96. The van der Waals surface area contributed by atoms with Gasteiger partial charge in [-0.05, 0) is 24.3 Å². The fourth-order valence-corrected chi connectivity index (χ4v) is 3.05. The molecule has 0 saturated heterocycles. The topological polar surface area (TPSA) is 59.3 Å². The zero-order chi connectivity index (χ0) is 14.2. The first kappa shape index (κ1) is 14.0. The highest BCUT2D eigenvalue weighted by Gasteiger charge is 2.16. The molecule has 4 nitrogen and oxygen atoms in total. The molecule has 1 aromatic heterocycles. The number of hydrogen-bond donors (Lipinski definition) is 1. The van der Waals surface area contributed by atoms with Crippen LogP contribution in [-0.2, 0) is 7.05 Å². The molecule has 0 radical (unpaired) electrons. The molecule has 1 N–H and O–H groups in total. The minimum absolute atomic E-state index is 0.0809. The van der Waals surface area contributed by atoms with E-state index < -0.39 is 5.97 Å². The lowest BCUT2D eigenvalue weighted by Crippen LogP contribution is -2.02. The van der Waals surface area contributed by atoms with Crippen LogP contribution >= 0.6 is 31.9 Å². The zero-order valence-corrected chi connectivity index (χ0v) is 13.0. The maximum atomic E-state index is 12.3. The van der Waals surface area contributed by atoms with Gasteiger partial charge in [-0.25, -0.2) is 4.79 Å². The molecule has 0 aliphatic heterocycles. The van der Waals surface area contributed by atoms with Crippen molar-refractivity contribution in [1.82, 2.24) is 4.57 Å². The SMILES string of the molecule is Cn1cc(C(=O)c2cc(Br)cc(Br)c2)cc1C(=O)O. The van der Waals surface area contributed by atoms with Crippen LogP contribution in [0.25, 0.3) is 0 Å². The molecule has 1 heterocycles. The Kier molecular flexibility index (Phi) is 3.91. The summed E-state index contributed by atoms with van der Waals surface area (Å²) in [6.07, 6.45) is 1.51.